The van der Waals surface area contributed by atoms with Crippen LogP contribution in [0.4, 0.5) is 15.8 Å². The molecule has 0 aliphatic carbocycles. The summed E-state index contributed by atoms with van der Waals surface area (Å²) in [6, 6.07) is 17.7. The molecule has 3 aromatic carbocycles. The number of benzene rings is 3. The molecule has 0 N–H and O–H groups in total. The number of nitrogens with zero attached hydrogens (tertiary/aromatic N) is 4. The fraction of sp³-hybridized carbons (Fsp3) is 0.167. The van der Waals surface area contributed by atoms with Gasteiger partial charge in [-0.1, -0.05) is 18.2 Å². The lowest BCUT2D eigenvalue weighted by Crippen LogP contribution is -2.26. The average molecular weight is 384 g/mol. The quantitative estimate of drug-likeness (QED) is 0.486. The van der Waals surface area contributed by atoms with Crippen LogP contribution in [0.2, 0.25) is 0 Å². The van der Waals surface area contributed by atoms with E-state index in [1.807, 2.05) is 18.2 Å². The van der Waals surface area contributed by atoms with Crippen LogP contribution >= 0.6 is 0 Å². The number of anilines is 2. The normalized spacial score (nSPS) is 14.6. The van der Waals surface area contributed by atoms with Crippen LogP contribution in [0.3, 0.4) is 0 Å². The van der Waals surface area contributed by atoms with Gasteiger partial charge in [0.25, 0.3) is 0 Å². The zero-order valence-electron chi connectivity index (χ0n) is 16.2. The molecule has 1 aliphatic rings. The van der Waals surface area contributed by atoms with Crippen molar-refractivity contribution < 1.29 is 4.39 Å². The summed E-state index contributed by atoms with van der Waals surface area (Å²) in [5.74, 6) is -0.182. The Morgan fingerprint density at radius 2 is 1.90 bits per heavy atom. The average Bonchev–Trinajstić information content (AvgIpc) is 2.92. The Morgan fingerprint density at radius 1 is 0.966 bits per heavy atom. The third kappa shape index (κ3) is 3.34. The van der Waals surface area contributed by atoms with E-state index in [-0.39, 0.29) is 5.82 Å². The molecule has 1 aliphatic heterocycles. The molecule has 0 saturated carbocycles. The van der Waals surface area contributed by atoms with Gasteiger partial charge in [-0.15, -0.1) is 0 Å². The van der Waals surface area contributed by atoms with E-state index in [2.05, 4.69) is 51.1 Å². The van der Waals surface area contributed by atoms with Gasteiger partial charge < -0.3 is 9.80 Å². The highest BCUT2D eigenvalue weighted by atomic mass is 19.1. The second-order valence-corrected chi connectivity index (χ2v) is 7.47. The van der Waals surface area contributed by atoms with E-state index < -0.39 is 0 Å². The predicted octanol–water partition coefficient (Wildman–Crippen LogP) is 5.02. The van der Waals surface area contributed by atoms with E-state index in [1.54, 1.807) is 24.7 Å². The van der Waals surface area contributed by atoms with Crippen LogP contribution in [0.25, 0.3) is 22.0 Å². The first kappa shape index (κ1) is 17.8. The molecule has 1 aromatic heterocycles. The van der Waals surface area contributed by atoms with Crippen LogP contribution in [-0.2, 0) is 6.54 Å². The van der Waals surface area contributed by atoms with Crippen LogP contribution < -0.4 is 4.90 Å². The van der Waals surface area contributed by atoms with Gasteiger partial charge in [-0.2, -0.15) is 0 Å². The van der Waals surface area contributed by atoms with Crippen LogP contribution in [-0.4, -0.2) is 35.0 Å². The molecular weight excluding hydrogens is 363 g/mol. The molecule has 5 heteroatoms. The number of halogens is 1. The molecular formula is C24H21FN4. The first-order chi connectivity index (χ1) is 14.2. The van der Waals surface area contributed by atoms with E-state index in [1.165, 1.54) is 17.3 Å². The minimum atomic E-state index is -0.182. The second kappa shape index (κ2) is 7.26. The molecule has 0 unspecified atom stereocenters. The lowest BCUT2D eigenvalue weighted by molar-refractivity contribution is 0.343. The summed E-state index contributed by atoms with van der Waals surface area (Å²) in [6.45, 7) is 2.67. The SMILES string of the molecule is CN1CCN(c2ccc3c(F)cccc3c2)c2ccc(-c3cnccn3)cc2C1. The molecule has 0 fully saturated rings. The first-order valence-electron chi connectivity index (χ1n) is 9.73. The van der Waals surface area contributed by atoms with E-state index in [9.17, 15) is 4.39 Å². The molecule has 29 heavy (non-hydrogen) atoms. The Hall–Kier alpha value is -3.31. The second-order valence-electron chi connectivity index (χ2n) is 7.47. The van der Waals surface area contributed by atoms with Crippen LogP contribution in [0.5, 0.6) is 0 Å². The summed E-state index contributed by atoms with van der Waals surface area (Å²) in [4.78, 5) is 13.3. The van der Waals surface area contributed by atoms with Gasteiger partial charge in [-0.25, -0.2) is 4.39 Å². The van der Waals surface area contributed by atoms with E-state index >= 15 is 0 Å². The number of hydrogen-bond donors (Lipinski definition) is 0. The molecule has 2 heterocycles. The van der Waals surface area contributed by atoms with Gasteiger partial charge >= 0.3 is 0 Å². The van der Waals surface area contributed by atoms with Gasteiger partial charge in [-0.05, 0) is 54.4 Å². The molecule has 0 atom stereocenters. The molecule has 4 nitrogen and oxygen atoms in total. The maximum Gasteiger partial charge on any atom is 0.131 e. The molecule has 4 aromatic rings. The standard InChI is InChI=1S/C24H21FN4/c1-28-11-12-29(20-6-7-21-17(14-20)3-2-4-22(21)25)24-8-5-18(13-19(24)16-28)23-15-26-9-10-27-23/h2-10,13-15H,11-12,16H2,1H3. The zero-order chi connectivity index (χ0) is 19.8. The monoisotopic (exact) mass is 384 g/mol. The predicted molar refractivity (Wildman–Crippen MR) is 115 cm³/mol. The highest BCUT2D eigenvalue weighted by Crippen LogP contribution is 2.35. The summed E-state index contributed by atoms with van der Waals surface area (Å²) in [7, 11) is 2.14. The largest absolute Gasteiger partial charge is 0.340 e. The smallest absolute Gasteiger partial charge is 0.131 e. The van der Waals surface area contributed by atoms with Crippen molar-refractivity contribution in [2.75, 3.05) is 25.0 Å². The topological polar surface area (TPSA) is 32.3 Å². The lowest BCUT2D eigenvalue weighted by Gasteiger charge is -2.25. The summed E-state index contributed by atoms with van der Waals surface area (Å²) in [5.41, 5.74) is 5.43. The van der Waals surface area contributed by atoms with Crippen molar-refractivity contribution in [1.29, 1.82) is 0 Å². The van der Waals surface area contributed by atoms with Gasteiger partial charge in [0.15, 0.2) is 0 Å². The van der Waals surface area contributed by atoms with E-state index in [0.29, 0.717) is 5.39 Å². The molecule has 144 valence electrons. The zero-order valence-corrected chi connectivity index (χ0v) is 16.2. The summed E-state index contributed by atoms with van der Waals surface area (Å²) in [5, 5.41) is 1.57. The molecule has 5 rings (SSSR count). The number of hydrogen-bond acceptors (Lipinski definition) is 4. The van der Waals surface area contributed by atoms with Gasteiger partial charge in [0.05, 0.1) is 11.9 Å². The van der Waals surface area contributed by atoms with Gasteiger partial charge in [0.2, 0.25) is 0 Å². The third-order valence-electron chi connectivity index (χ3n) is 5.50. The number of fused-ring (bicyclic) bond motifs is 2. The van der Waals surface area contributed by atoms with Crippen LogP contribution in [0.1, 0.15) is 5.56 Å². The van der Waals surface area contributed by atoms with E-state index in [0.717, 1.165) is 42.0 Å². The van der Waals surface area contributed by atoms with Crippen molar-refractivity contribution in [3.63, 3.8) is 0 Å². The van der Waals surface area contributed by atoms with Gasteiger partial charge in [-0.3, -0.25) is 9.97 Å². The molecule has 0 radical (unpaired) electrons. The lowest BCUT2D eigenvalue weighted by atomic mass is 10.0. The molecule has 0 amide bonds. The number of likely N-dealkylation sites (N-methyl/N-ethyl adjacent to an activating group) is 1. The summed E-state index contributed by atoms with van der Waals surface area (Å²) in [6.07, 6.45) is 5.19. The maximum atomic E-state index is 14.1. The van der Waals surface area contributed by atoms with Crippen molar-refractivity contribution >= 4 is 22.1 Å². The Balaban J connectivity index is 1.60. The minimum absolute atomic E-state index is 0.182. The fourth-order valence-corrected chi connectivity index (χ4v) is 4.01. The minimum Gasteiger partial charge on any atom is -0.340 e. The molecule has 0 saturated heterocycles. The van der Waals surface area contributed by atoms with Crippen molar-refractivity contribution in [2.45, 2.75) is 6.54 Å². The van der Waals surface area contributed by atoms with Crippen LogP contribution in [0.15, 0.2) is 73.2 Å². The highest BCUT2D eigenvalue weighted by Gasteiger charge is 2.20. The van der Waals surface area contributed by atoms with Gasteiger partial charge in [0.1, 0.15) is 5.82 Å². The Morgan fingerprint density at radius 3 is 2.76 bits per heavy atom. The maximum absolute atomic E-state index is 14.1. The fourth-order valence-electron chi connectivity index (χ4n) is 4.01. The Kier molecular flexibility index (Phi) is 4.45. The highest BCUT2D eigenvalue weighted by molar-refractivity contribution is 5.88. The van der Waals surface area contributed by atoms with Crippen molar-refractivity contribution in [3.8, 4) is 11.3 Å². The number of aromatic nitrogens is 2. The molecule has 0 spiro atoms. The van der Waals surface area contributed by atoms with Crippen molar-refractivity contribution in [2.24, 2.45) is 0 Å². The van der Waals surface area contributed by atoms with Crippen LogP contribution in [0, 0.1) is 5.82 Å². The third-order valence-corrected chi connectivity index (χ3v) is 5.50. The van der Waals surface area contributed by atoms with E-state index in [4.69, 9.17) is 0 Å². The van der Waals surface area contributed by atoms with Crippen molar-refractivity contribution in [3.05, 3.63) is 84.6 Å². The van der Waals surface area contributed by atoms with Crippen molar-refractivity contribution in [1.82, 2.24) is 14.9 Å². The first-order valence-corrected chi connectivity index (χ1v) is 9.73. The summed E-state index contributed by atoms with van der Waals surface area (Å²) < 4.78 is 14.1. The Labute approximate surface area is 169 Å². The number of rotatable bonds is 2. The van der Waals surface area contributed by atoms with Gasteiger partial charge in [0, 0.05) is 54.4 Å². The summed E-state index contributed by atoms with van der Waals surface area (Å²) >= 11 is 0. The molecule has 0 bridgehead atoms. The Bertz CT molecular complexity index is 1180.